The van der Waals surface area contributed by atoms with Crippen LogP contribution in [0, 0.1) is 0 Å². The third kappa shape index (κ3) is 4.01. The Morgan fingerprint density at radius 3 is 3.00 bits per heavy atom. The van der Waals surface area contributed by atoms with Gasteiger partial charge in [0.15, 0.2) is 15.7 Å². The van der Waals surface area contributed by atoms with Gasteiger partial charge in [0, 0.05) is 19.2 Å². The lowest BCUT2D eigenvalue weighted by molar-refractivity contribution is 0.120. The monoisotopic (exact) mass is 313 g/mol. The Bertz CT molecular complexity index is 588. The van der Waals surface area contributed by atoms with Gasteiger partial charge in [0.2, 0.25) is 5.95 Å². The molecule has 2 aliphatic rings. The molecule has 2 N–H and O–H groups in total. The number of nitrogens with zero attached hydrogens (tertiary/aromatic N) is 3. The van der Waals surface area contributed by atoms with E-state index in [2.05, 4.69) is 25.8 Å². The zero-order valence-corrected chi connectivity index (χ0v) is 12.5. The standard InChI is InChI=1S/C12H19N5O3S/c18-21(19)5-3-9(8-21)15-11-7-14-17-12(16-11)13-6-10-2-1-4-20-10/h7,9-10H,1-6,8H2,(H2,13,15,16,17). The number of nitrogens with one attached hydrogen (secondary N) is 2. The lowest BCUT2D eigenvalue weighted by Crippen LogP contribution is -2.23. The highest BCUT2D eigenvalue weighted by Crippen LogP contribution is 2.16. The van der Waals surface area contributed by atoms with Gasteiger partial charge in [0.05, 0.1) is 23.8 Å². The number of aromatic nitrogens is 3. The van der Waals surface area contributed by atoms with Crippen molar-refractivity contribution in [2.75, 3.05) is 35.3 Å². The Morgan fingerprint density at radius 1 is 1.38 bits per heavy atom. The minimum Gasteiger partial charge on any atom is -0.376 e. The number of hydrogen-bond donors (Lipinski definition) is 2. The number of sulfone groups is 1. The highest BCUT2D eigenvalue weighted by molar-refractivity contribution is 7.91. The summed E-state index contributed by atoms with van der Waals surface area (Å²) in [5.41, 5.74) is 0. The van der Waals surface area contributed by atoms with Gasteiger partial charge in [0.25, 0.3) is 0 Å². The normalized spacial score (nSPS) is 27.6. The first-order chi connectivity index (χ1) is 10.1. The first-order valence-corrected chi connectivity index (χ1v) is 8.95. The van der Waals surface area contributed by atoms with Crippen LogP contribution in [-0.2, 0) is 14.6 Å². The Labute approximate surface area is 123 Å². The third-order valence-electron chi connectivity index (χ3n) is 3.66. The molecule has 2 saturated heterocycles. The molecule has 0 saturated carbocycles. The van der Waals surface area contributed by atoms with Gasteiger partial charge in [-0.3, -0.25) is 0 Å². The topological polar surface area (TPSA) is 106 Å². The van der Waals surface area contributed by atoms with Crippen molar-refractivity contribution >= 4 is 21.6 Å². The molecule has 0 aromatic carbocycles. The molecule has 0 amide bonds. The minimum atomic E-state index is -2.91. The molecule has 3 rings (SSSR count). The predicted octanol–water partition coefficient (Wildman–Crippen LogP) is 0.0615. The number of ether oxygens (including phenoxy) is 1. The van der Waals surface area contributed by atoms with Crippen molar-refractivity contribution in [2.24, 2.45) is 0 Å². The van der Waals surface area contributed by atoms with Gasteiger partial charge < -0.3 is 15.4 Å². The molecule has 1 aromatic rings. The Morgan fingerprint density at radius 2 is 2.29 bits per heavy atom. The molecular formula is C12H19N5O3S. The van der Waals surface area contributed by atoms with E-state index in [9.17, 15) is 8.42 Å². The summed E-state index contributed by atoms with van der Waals surface area (Å²) in [6.07, 6.45) is 4.43. The SMILES string of the molecule is O=S1(=O)CCC(Nc2cnnc(NCC3CCCO3)n2)C1. The zero-order chi connectivity index (χ0) is 14.7. The summed E-state index contributed by atoms with van der Waals surface area (Å²) in [6.45, 7) is 1.46. The minimum absolute atomic E-state index is 0.0993. The molecule has 0 bridgehead atoms. The second-order valence-corrected chi connectivity index (χ2v) is 7.65. The van der Waals surface area contributed by atoms with Gasteiger partial charge in [-0.2, -0.15) is 10.1 Å². The summed E-state index contributed by atoms with van der Waals surface area (Å²) >= 11 is 0. The van der Waals surface area contributed by atoms with E-state index in [4.69, 9.17) is 4.74 Å². The zero-order valence-electron chi connectivity index (χ0n) is 11.7. The third-order valence-corrected chi connectivity index (χ3v) is 5.42. The van der Waals surface area contributed by atoms with Crippen LogP contribution in [0.25, 0.3) is 0 Å². The van der Waals surface area contributed by atoms with Crippen LogP contribution in [0.2, 0.25) is 0 Å². The van der Waals surface area contributed by atoms with E-state index in [0.717, 1.165) is 19.4 Å². The van der Waals surface area contributed by atoms with Crippen molar-refractivity contribution in [1.82, 2.24) is 15.2 Å². The molecule has 0 aliphatic carbocycles. The molecule has 21 heavy (non-hydrogen) atoms. The maximum atomic E-state index is 11.4. The van der Waals surface area contributed by atoms with E-state index in [1.54, 1.807) is 0 Å². The first kappa shape index (κ1) is 14.5. The average molecular weight is 313 g/mol. The molecule has 1 aromatic heterocycles. The van der Waals surface area contributed by atoms with Crippen LogP contribution >= 0.6 is 0 Å². The smallest absolute Gasteiger partial charge is 0.244 e. The molecule has 9 heteroatoms. The van der Waals surface area contributed by atoms with Crippen LogP contribution in [0.3, 0.4) is 0 Å². The molecule has 8 nitrogen and oxygen atoms in total. The van der Waals surface area contributed by atoms with Crippen LogP contribution in [0.1, 0.15) is 19.3 Å². The van der Waals surface area contributed by atoms with E-state index in [-0.39, 0.29) is 23.7 Å². The van der Waals surface area contributed by atoms with E-state index >= 15 is 0 Å². The highest BCUT2D eigenvalue weighted by atomic mass is 32.2. The Balaban J connectivity index is 1.55. The summed E-state index contributed by atoms with van der Waals surface area (Å²) in [5.74, 6) is 1.35. The second kappa shape index (κ2) is 6.10. The fraction of sp³-hybridized carbons (Fsp3) is 0.750. The lowest BCUT2D eigenvalue weighted by Gasteiger charge is -2.13. The van der Waals surface area contributed by atoms with Gasteiger partial charge in [-0.15, -0.1) is 5.10 Å². The highest BCUT2D eigenvalue weighted by Gasteiger charge is 2.28. The van der Waals surface area contributed by atoms with Crippen molar-refractivity contribution in [2.45, 2.75) is 31.4 Å². The second-order valence-electron chi connectivity index (χ2n) is 5.43. The van der Waals surface area contributed by atoms with E-state index in [1.165, 1.54) is 6.20 Å². The first-order valence-electron chi connectivity index (χ1n) is 7.13. The number of rotatable bonds is 5. The summed E-state index contributed by atoms with van der Waals surface area (Å²) in [7, 11) is -2.91. The fourth-order valence-electron chi connectivity index (χ4n) is 2.58. The molecule has 2 fully saturated rings. The van der Waals surface area contributed by atoms with Crippen molar-refractivity contribution in [1.29, 1.82) is 0 Å². The van der Waals surface area contributed by atoms with Crippen LogP contribution in [0.5, 0.6) is 0 Å². The summed E-state index contributed by atoms with van der Waals surface area (Å²) in [4.78, 5) is 4.30. The fourth-order valence-corrected chi connectivity index (χ4v) is 4.25. The van der Waals surface area contributed by atoms with Gasteiger partial charge in [0.1, 0.15) is 0 Å². The van der Waals surface area contributed by atoms with Crippen LogP contribution in [-0.4, -0.2) is 60.4 Å². The van der Waals surface area contributed by atoms with Crippen molar-refractivity contribution in [3.05, 3.63) is 6.20 Å². The van der Waals surface area contributed by atoms with Crippen LogP contribution < -0.4 is 10.6 Å². The maximum Gasteiger partial charge on any atom is 0.244 e. The van der Waals surface area contributed by atoms with E-state index in [1.807, 2.05) is 0 Å². The van der Waals surface area contributed by atoms with Crippen molar-refractivity contribution < 1.29 is 13.2 Å². The summed E-state index contributed by atoms with van der Waals surface area (Å²) < 4.78 is 28.4. The Kier molecular flexibility index (Phi) is 4.20. The summed E-state index contributed by atoms with van der Waals surface area (Å²) in [5, 5.41) is 14.0. The largest absolute Gasteiger partial charge is 0.376 e. The van der Waals surface area contributed by atoms with Crippen LogP contribution in [0.4, 0.5) is 11.8 Å². The molecule has 116 valence electrons. The number of anilines is 2. The maximum absolute atomic E-state index is 11.4. The molecule has 2 atom stereocenters. The Hall–Kier alpha value is -1.48. The van der Waals surface area contributed by atoms with Gasteiger partial charge >= 0.3 is 0 Å². The quantitative estimate of drug-likeness (QED) is 0.786. The molecule has 2 unspecified atom stereocenters. The molecular weight excluding hydrogens is 294 g/mol. The van der Waals surface area contributed by atoms with Crippen molar-refractivity contribution in [3.63, 3.8) is 0 Å². The van der Waals surface area contributed by atoms with Crippen LogP contribution in [0.15, 0.2) is 6.20 Å². The summed E-state index contributed by atoms with van der Waals surface area (Å²) in [6, 6.07) is -0.0993. The molecule has 2 aliphatic heterocycles. The van der Waals surface area contributed by atoms with Gasteiger partial charge in [-0.25, -0.2) is 8.42 Å². The van der Waals surface area contributed by atoms with Crippen molar-refractivity contribution in [3.8, 4) is 0 Å². The number of hydrogen-bond acceptors (Lipinski definition) is 8. The molecule has 0 spiro atoms. The predicted molar refractivity (Wildman–Crippen MR) is 78.0 cm³/mol. The van der Waals surface area contributed by atoms with Gasteiger partial charge in [-0.05, 0) is 19.3 Å². The van der Waals surface area contributed by atoms with E-state index < -0.39 is 9.84 Å². The van der Waals surface area contributed by atoms with Gasteiger partial charge in [-0.1, -0.05) is 0 Å². The molecule has 3 heterocycles. The van der Waals surface area contributed by atoms with E-state index in [0.29, 0.717) is 24.7 Å². The lowest BCUT2D eigenvalue weighted by atomic mass is 10.2. The molecule has 0 radical (unpaired) electrons. The average Bonchev–Trinajstić information content (AvgIpc) is 3.07.